The summed E-state index contributed by atoms with van der Waals surface area (Å²) in [5, 5.41) is 3.73. The number of nitrogens with one attached hydrogen (secondary N) is 1. The molecular weight excluding hydrogens is 406 g/mol. The molecule has 0 bridgehead atoms. The Bertz CT molecular complexity index is 899. The van der Waals surface area contributed by atoms with E-state index in [1.165, 1.54) is 6.92 Å². The van der Waals surface area contributed by atoms with Crippen molar-refractivity contribution >= 4 is 40.8 Å². The first kappa shape index (κ1) is 20.1. The predicted octanol–water partition coefficient (Wildman–Crippen LogP) is 2.78. The third kappa shape index (κ3) is 4.60. The van der Waals surface area contributed by atoms with Gasteiger partial charge in [0, 0.05) is 18.1 Å². The zero-order valence-corrected chi connectivity index (χ0v) is 16.8. The molecule has 1 saturated heterocycles. The summed E-state index contributed by atoms with van der Waals surface area (Å²) < 4.78 is 10.9. The van der Waals surface area contributed by atoms with Crippen LogP contribution in [0, 0.1) is 6.92 Å². The molecule has 148 valence electrons. The molecule has 0 radical (unpaired) electrons. The van der Waals surface area contributed by atoms with Crippen molar-refractivity contribution in [3.63, 3.8) is 0 Å². The smallest absolute Gasteiger partial charge is 0.351 e. The lowest BCUT2D eigenvalue weighted by Crippen LogP contribution is -2.41. The third-order valence-electron chi connectivity index (χ3n) is 3.96. The van der Waals surface area contributed by atoms with Gasteiger partial charge in [0.25, 0.3) is 5.91 Å². The Morgan fingerprint density at radius 3 is 2.71 bits per heavy atom. The summed E-state index contributed by atoms with van der Waals surface area (Å²) in [6.45, 7) is 3.94. The van der Waals surface area contributed by atoms with Crippen LogP contribution < -0.4 is 10.1 Å². The normalized spacial score (nSPS) is 14.5. The molecule has 0 aliphatic carbocycles. The Hall–Kier alpha value is -2.65. The van der Waals surface area contributed by atoms with E-state index in [0.717, 1.165) is 16.2 Å². The molecule has 0 unspecified atom stereocenters. The number of ether oxygens (including phenoxy) is 2. The number of urea groups is 1. The van der Waals surface area contributed by atoms with Crippen molar-refractivity contribution in [2.75, 3.05) is 13.1 Å². The maximum absolute atomic E-state index is 12.4. The Morgan fingerprint density at radius 2 is 2.07 bits per heavy atom. The lowest BCUT2D eigenvalue weighted by Gasteiger charge is -2.17. The second-order valence-electron chi connectivity index (χ2n) is 6.03. The van der Waals surface area contributed by atoms with Gasteiger partial charge in [-0.05, 0) is 38.1 Å². The average Bonchev–Trinajstić information content (AvgIpc) is 3.26. The van der Waals surface area contributed by atoms with Gasteiger partial charge in [-0.15, -0.1) is 11.3 Å². The van der Waals surface area contributed by atoms with Crippen molar-refractivity contribution in [2.45, 2.75) is 26.6 Å². The number of carbonyl (C=O) groups excluding carboxylic acids is 3. The fraction of sp³-hybridized carbons (Fsp3) is 0.333. The highest BCUT2D eigenvalue weighted by Crippen LogP contribution is 2.22. The zero-order valence-electron chi connectivity index (χ0n) is 15.2. The van der Waals surface area contributed by atoms with Gasteiger partial charge in [-0.2, -0.15) is 0 Å². The van der Waals surface area contributed by atoms with Crippen LogP contribution in [0.5, 0.6) is 5.75 Å². The number of halogens is 1. The van der Waals surface area contributed by atoms with Crippen molar-refractivity contribution in [3.05, 3.63) is 44.9 Å². The SMILES string of the molecule is Cc1nc(COc2ccc(Cl)cc2)sc1C(=O)O[C@H](C)C(=O)N1CCNC1=O. The van der Waals surface area contributed by atoms with Crippen LogP contribution in [-0.2, 0) is 16.1 Å². The molecule has 2 aromatic rings. The molecule has 1 N–H and O–H groups in total. The number of aromatic nitrogens is 1. The number of thiazole rings is 1. The molecule has 3 amide bonds. The zero-order chi connectivity index (χ0) is 20.3. The van der Waals surface area contributed by atoms with Crippen LogP contribution in [-0.4, -0.2) is 47.0 Å². The van der Waals surface area contributed by atoms with E-state index in [0.29, 0.717) is 32.9 Å². The topological polar surface area (TPSA) is 97.8 Å². The van der Waals surface area contributed by atoms with Crippen molar-refractivity contribution in [2.24, 2.45) is 0 Å². The maximum atomic E-state index is 12.4. The molecule has 28 heavy (non-hydrogen) atoms. The molecule has 1 atom stereocenters. The average molecular weight is 424 g/mol. The molecule has 0 saturated carbocycles. The van der Waals surface area contributed by atoms with Gasteiger partial charge in [-0.3, -0.25) is 9.69 Å². The number of nitrogens with zero attached hydrogens (tertiary/aromatic N) is 2. The van der Waals surface area contributed by atoms with Crippen molar-refractivity contribution in [1.29, 1.82) is 0 Å². The van der Waals surface area contributed by atoms with E-state index in [-0.39, 0.29) is 13.2 Å². The highest BCUT2D eigenvalue weighted by atomic mass is 35.5. The highest BCUT2D eigenvalue weighted by Gasteiger charge is 2.32. The van der Waals surface area contributed by atoms with Gasteiger partial charge in [-0.1, -0.05) is 11.6 Å². The molecule has 8 nitrogen and oxygen atoms in total. The predicted molar refractivity (Wildman–Crippen MR) is 103 cm³/mol. The van der Waals surface area contributed by atoms with Gasteiger partial charge in [0.2, 0.25) is 0 Å². The van der Waals surface area contributed by atoms with E-state index in [4.69, 9.17) is 21.1 Å². The number of hydrogen-bond donors (Lipinski definition) is 1. The summed E-state index contributed by atoms with van der Waals surface area (Å²) in [5.74, 6) is -0.588. The lowest BCUT2D eigenvalue weighted by atomic mass is 10.3. The summed E-state index contributed by atoms with van der Waals surface area (Å²) in [7, 11) is 0. The van der Waals surface area contributed by atoms with E-state index in [2.05, 4.69) is 10.3 Å². The summed E-state index contributed by atoms with van der Waals surface area (Å²) >= 11 is 6.97. The summed E-state index contributed by atoms with van der Waals surface area (Å²) in [4.78, 5) is 41.9. The van der Waals surface area contributed by atoms with Crippen LogP contribution in [0.2, 0.25) is 5.02 Å². The first-order chi connectivity index (χ1) is 13.3. The first-order valence-corrected chi connectivity index (χ1v) is 9.69. The number of rotatable bonds is 6. The van der Waals surface area contributed by atoms with Crippen LogP contribution in [0.4, 0.5) is 4.79 Å². The lowest BCUT2D eigenvalue weighted by molar-refractivity contribution is -0.136. The molecule has 1 aromatic heterocycles. The second kappa shape index (κ2) is 8.57. The summed E-state index contributed by atoms with van der Waals surface area (Å²) in [6.07, 6.45) is -1.08. The van der Waals surface area contributed by atoms with Crippen molar-refractivity contribution in [3.8, 4) is 5.75 Å². The van der Waals surface area contributed by atoms with Crippen LogP contribution in [0.25, 0.3) is 0 Å². The Kier molecular flexibility index (Phi) is 6.15. The van der Waals surface area contributed by atoms with E-state index in [1.54, 1.807) is 31.2 Å². The van der Waals surface area contributed by atoms with E-state index < -0.39 is 24.0 Å². The van der Waals surface area contributed by atoms with E-state index in [1.807, 2.05) is 0 Å². The van der Waals surface area contributed by atoms with Crippen LogP contribution in [0.1, 0.15) is 27.3 Å². The first-order valence-electron chi connectivity index (χ1n) is 8.50. The van der Waals surface area contributed by atoms with Gasteiger partial charge in [0.15, 0.2) is 6.10 Å². The molecule has 1 fully saturated rings. The number of amides is 3. The minimum atomic E-state index is -1.08. The number of hydrogen-bond acceptors (Lipinski definition) is 7. The van der Waals surface area contributed by atoms with Gasteiger partial charge >= 0.3 is 12.0 Å². The second-order valence-corrected chi connectivity index (χ2v) is 7.55. The van der Waals surface area contributed by atoms with Gasteiger partial charge < -0.3 is 14.8 Å². The Balaban J connectivity index is 1.60. The molecule has 1 aliphatic heterocycles. The van der Waals surface area contributed by atoms with E-state index in [9.17, 15) is 14.4 Å². The molecule has 1 aliphatic rings. The Morgan fingerprint density at radius 1 is 1.36 bits per heavy atom. The third-order valence-corrected chi connectivity index (χ3v) is 5.32. The summed E-state index contributed by atoms with van der Waals surface area (Å²) in [5.41, 5.74) is 0.489. The Labute approximate surface area is 170 Å². The van der Waals surface area contributed by atoms with Crippen LogP contribution in [0.15, 0.2) is 24.3 Å². The van der Waals surface area contributed by atoms with E-state index >= 15 is 0 Å². The van der Waals surface area contributed by atoms with Crippen molar-refractivity contribution in [1.82, 2.24) is 15.2 Å². The maximum Gasteiger partial charge on any atom is 0.351 e. The van der Waals surface area contributed by atoms with Crippen LogP contribution in [0.3, 0.4) is 0 Å². The largest absolute Gasteiger partial charge is 0.486 e. The standard InChI is InChI=1S/C18H18ClN3O5S/c1-10-15(17(24)27-11(2)16(23)22-8-7-20-18(22)25)28-14(21-10)9-26-13-5-3-12(19)4-6-13/h3-6,11H,7-9H2,1-2H3,(H,20,25)/t11-/m1/s1. The highest BCUT2D eigenvalue weighted by molar-refractivity contribution is 7.13. The molecule has 0 spiro atoms. The monoisotopic (exact) mass is 423 g/mol. The number of imide groups is 1. The number of benzene rings is 1. The minimum Gasteiger partial charge on any atom is -0.486 e. The fourth-order valence-electron chi connectivity index (χ4n) is 2.55. The number of esters is 1. The fourth-order valence-corrected chi connectivity index (χ4v) is 3.53. The molecular formula is C18H18ClN3O5S. The number of aryl methyl sites for hydroxylation is 1. The minimum absolute atomic E-state index is 0.183. The van der Waals surface area contributed by atoms with Gasteiger partial charge in [0.05, 0.1) is 5.69 Å². The molecule has 2 heterocycles. The van der Waals surface area contributed by atoms with Crippen LogP contribution >= 0.6 is 22.9 Å². The number of carbonyl (C=O) groups is 3. The molecule has 1 aromatic carbocycles. The van der Waals surface area contributed by atoms with Gasteiger partial charge in [-0.25, -0.2) is 14.6 Å². The van der Waals surface area contributed by atoms with Crippen molar-refractivity contribution < 1.29 is 23.9 Å². The van der Waals surface area contributed by atoms with Gasteiger partial charge in [0.1, 0.15) is 22.2 Å². The molecule has 10 heteroatoms. The molecule has 3 rings (SSSR count). The summed E-state index contributed by atoms with van der Waals surface area (Å²) in [6, 6.07) is 6.42. The quantitative estimate of drug-likeness (QED) is 0.717.